The number of halogens is 1. The number of H-pyrrole nitrogens is 1. The van der Waals surface area contributed by atoms with Crippen LogP contribution in [0, 0.1) is 5.92 Å². The minimum Gasteiger partial charge on any atom is -0.493 e. The SMILES string of the molecule is COc1cc(NC(=O)C2CCN(c3nc(Cl)nc4nc[nH]c34)CC2)cc(OC)c1OC. The topological polar surface area (TPSA) is 114 Å². The number of hydrogen-bond donors (Lipinski definition) is 2. The van der Waals surface area contributed by atoms with Crippen LogP contribution >= 0.6 is 11.6 Å². The monoisotopic (exact) mass is 446 g/mol. The van der Waals surface area contributed by atoms with Gasteiger partial charge in [-0.15, -0.1) is 0 Å². The summed E-state index contributed by atoms with van der Waals surface area (Å²) in [5.41, 5.74) is 1.85. The largest absolute Gasteiger partial charge is 0.493 e. The zero-order valence-electron chi connectivity index (χ0n) is 17.4. The average molecular weight is 447 g/mol. The van der Waals surface area contributed by atoms with Gasteiger partial charge < -0.3 is 29.4 Å². The first-order valence-electron chi connectivity index (χ1n) is 9.76. The van der Waals surface area contributed by atoms with Crippen molar-refractivity contribution >= 4 is 40.2 Å². The quantitative estimate of drug-likeness (QED) is 0.555. The first-order valence-corrected chi connectivity index (χ1v) is 10.1. The van der Waals surface area contributed by atoms with Crippen molar-refractivity contribution in [1.82, 2.24) is 19.9 Å². The zero-order valence-corrected chi connectivity index (χ0v) is 18.2. The number of aromatic nitrogens is 4. The van der Waals surface area contributed by atoms with Gasteiger partial charge >= 0.3 is 0 Å². The molecule has 2 aromatic heterocycles. The normalized spacial score (nSPS) is 14.5. The van der Waals surface area contributed by atoms with Gasteiger partial charge in [0.2, 0.25) is 16.9 Å². The lowest BCUT2D eigenvalue weighted by Crippen LogP contribution is -2.38. The zero-order chi connectivity index (χ0) is 22.0. The third kappa shape index (κ3) is 4.15. The van der Waals surface area contributed by atoms with Crippen molar-refractivity contribution in [1.29, 1.82) is 0 Å². The highest BCUT2D eigenvalue weighted by atomic mass is 35.5. The molecule has 1 aromatic carbocycles. The number of anilines is 2. The predicted octanol–water partition coefficient (Wildman–Crippen LogP) is 2.89. The second kappa shape index (κ2) is 8.84. The van der Waals surface area contributed by atoms with E-state index in [1.54, 1.807) is 18.5 Å². The van der Waals surface area contributed by atoms with Gasteiger partial charge in [-0.05, 0) is 24.4 Å². The number of amides is 1. The van der Waals surface area contributed by atoms with Crippen molar-refractivity contribution in [2.75, 3.05) is 44.6 Å². The van der Waals surface area contributed by atoms with Crippen molar-refractivity contribution in [3.8, 4) is 17.2 Å². The van der Waals surface area contributed by atoms with E-state index < -0.39 is 0 Å². The molecule has 31 heavy (non-hydrogen) atoms. The van der Waals surface area contributed by atoms with Gasteiger partial charge in [0, 0.05) is 36.8 Å². The number of nitrogens with zero attached hydrogens (tertiary/aromatic N) is 4. The molecule has 0 bridgehead atoms. The summed E-state index contributed by atoms with van der Waals surface area (Å²) in [6.07, 6.45) is 2.91. The van der Waals surface area contributed by atoms with Gasteiger partial charge in [-0.1, -0.05) is 0 Å². The average Bonchev–Trinajstić information content (AvgIpc) is 3.26. The number of carbonyl (C=O) groups excluding carboxylic acids is 1. The number of hydrogen-bond acceptors (Lipinski definition) is 8. The molecule has 2 N–H and O–H groups in total. The lowest BCUT2D eigenvalue weighted by molar-refractivity contribution is -0.120. The fourth-order valence-corrected chi connectivity index (χ4v) is 3.93. The minimum atomic E-state index is -0.134. The van der Waals surface area contributed by atoms with Crippen LogP contribution in [0.25, 0.3) is 11.2 Å². The molecule has 0 unspecified atom stereocenters. The third-order valence-electron chi connectivity index (χ3n) is 5.34. The van der Waals surface area contributed by atoms with Crippen LogP contribution in [0.5, 0.6) is 17.2 Å². The molecule has 1 aliphatic rings. The molecule has 164 valence electrons. The second-order valence-electron chi connectivity index (χ2n) is 7.08. The molecule has 1 saturated heterocycles. The Hall–Kier alpha value is -3.27. The summed E-state index contributed by atoms with van der Waals surface area (Å²) in [7, 11) is 4.61. The molecule has 3 aromatic rings. The predicted molar refractivity (Wildman–Crippen MR) is 116 cm³/mol. The lowest BCUT2D eigenvalue weighted by Gasteiger charge is -2.32. The summed E-state index contributed by atoms with van der Waals surface area (Å²) < 4.78 is 16.0. The first-order chi connectivity index (χ1) is 15.0. The molecule has 0 aliphatic carbocycles. The van der Waals surface area contributed by atoms with Crippen LogP contribution in [-0.4, -0.2) is 60.3 Å². The summed E-state index contributed by atoms with van der Waals surface area (Å²) in [6.45, 7) is 1.32. The third-order valence-corrected chi connectivity index (χ3v) is 5.51. The molecule has 0 radical (unpaired) electrons. The van der Waals surface area contributed by atoms with Crippen LogP contribution in [0.3, 0.4) is 0 Å². The summed E-state index contributed by atoms with van der Waals surface area (Å²) >= 11 is 6.04. The van der Waals surface area contributed by atoms with Crippen molar-refractivity contribution < 1.29 is 19.0 Å². The fraction of sp³-hybridized carbons (Fsp3) is 0.400. The van der Waals surface area contributed by atoms with E-state index in [9.17, 15) is 4.79 Å². The molecule has 0 saturated carbocycles. The number of nitrogens with one attached hydrogen (secondary N) is 2. The van der Waals surface area contributed by atoms with Gasteiger partial charge in [0.25, 0.3) is 0 Å². The number of carbonyl (C=O) groups is 1. The van der Waals surface area contributed by atoms with E-state index in [1.165, 1.54) is 21.3 Å². The molecular weight excluding hydrogens is 424 g/mol. The van der Waals surface area contributed by atoms with Crippen molar-refractivity contribution in [3.63, 3.8) is 0 Å². The highest BCUT2D eigenvalue weighted by Gasteiger charge is 2.28. The Morgan fingerprint density at radius 1 is 1.13 bits per heavy atom. The van der Waals surface area contributed by atoms with Crippen LogP contribution in [0.15, 0.2) is 18.5 Å². The number of rotatable bonds is 6. The van der Waals surface area contributed by atoms with Crippen LogP contribution < -0.4 is 24.4 Å². The summed E-state index contributed by atoms with van der Waals surface area (Å²) in [4.78, 5) is 30.7. The highest BCUT2D eigenvalue weighted by Crippen LogP contribution is 2.40. The molecule has 0 atom stereocenters. The lowest BCUT2D eigenvalue weighted by atomic mass is 9.95. The van der Waals surface area contributed by atoms with Crippen molar-refractivity contribution in [2.45, 2.75) is 12.8 Å². The smallest absolute Gasteiger partial charge is 0.227 e. The van der Waals surface area contributed by atoms with E-state index in [4.69, 9.17) is 25.8 Å². The van der Waals surface area contributed by atoms with E-state index >= 15 is 0 Å². The molecule has 0 spiro atoms. The maximum atomic E-state index is 12.9. The number of fused-ring (bicyclic) bond motifs is 1. The first kappa shape index (κ1) is 21.0. The highest BCUT2D eigenvalue weighted by molar-refractivity contribution is 6.28. The second-order valence-corrected chi connectivity index (χ2v) is 7.42. The van der Waals surface area contributed by atoms with Crippen molar-refractivity contribution in [3.05, 3.63) is 23.7 Å². The van der Waals surface area contributed by atoms with E-state index in [-0.39, 0.29) is 17.1 Å². The number of methoxy groups -OCH3 is 3. The Morgan fingerprint density at radius 2 is 1.81 bits per heavy atom. The maximum Gasteiger partial charge on any atom is 0.227 e. The van der Waals surface area contributed by atoms with Gasteiger partial charge in [-0.2, -0.15) is 9.97 Å². The number of benzene rings is 1. The number of imidazole rings is 1. The van der Waals surface area contributed by atoms with E-state index in [1.807, 2.05) is 0 Å². The number of piperidine rings is 1. The summed E-state index contributed by atoms with van der Waals surface area (Å²) in [6, 6.07) is 3.43. The Morgan fingerprint density at radius 3 is 2.42 bits per heavy atom. The minimum absolute atomic E-state index is 0.0543. The van der Waals surface area contributed by atoms with Gasteiger partial charge in [0.1, 0.15) is 5.52 Å². The number of aromatic amines is 1. The Kier molecular flexibility index (Phi) is 5.99. The van der Waals surface area contributed by atoms with E-state index in [2.05, 4.69) is 30.2 Å². The molecular formula is C20H23ClN6O4. The maximum absolute atomic E-state index is 12.9. The standard InChI is InChI=1S/C20H23ClN6O4/c1-29-13-8-12(9-14(30-2)16(13)31-3)24-19(28)11-4-6-27(7-5-11)18-15-17(23-10-22-15)25-20(21)26-18/h8-11H,4-7H2,1-3H3,(H,24,28)(H,22,23,25,26). The van der Waals surface area contributed by atoms with Gasteiger partial charge in [-0.3, -0.25) is 4.79 Å². The molecule has 11 heteroatoms. The molecule has 1 fully saturated rings. The van der Waals surface area contributed by atoms with Crippen LogP contribution in [0.4, 0.5) is 11.5 Å². The molecule has 1 aliphatic heterocycles. The van der Waals surface area contributed by atoms with E-state index in [0.717, 1.165) is 5.52 Å². The Bertz CT molecular complexity index is 1070. The Balaban J connectivity index is 1.45. The van der Waals surface area contributed by atoms with Crippen LogP contribution in [-0.2, 0) is 4.79 Å². The molecule has 1 amide bonds. The van der Waals surface area contributed by atoms with Crippen molar-refractivity contribution in [2.24, 2.45) is 5.92 Å². The molecule has 10 nitrogen and oxygen atoms in total. The number of ether oxygens (including phenoxy) is 3. The van der Waals surface area contributed by atoms with Crippen LogP contribution in [0.2, 0.25) is 5.28 Å². The van der Waals surface area contributed by atoms with Gasteiger partial charge in [-0.25, -0.2) is 4.98 Å². The van der Waals surface area contributed by atoms with E-state index in [0.29, 0.717) is 60.3 Å². The Labute approximate surface area is 183 Å². The fourth-order valence-electron chi connectivity index (χ4n) is 3.77. The van der Waals surface area contributed by atoms with Gasteiger partial charge in [0.15, 0.2) is 23.0 Å². The van der Waals surface area contributed by atoms with Crippen LogP contribution in [0.1, 0.15) is 12.8 Å². The summed E-state index contributed by atoms with van der Waals surface area (Å²) in [5.74, 6) is 1.96. The summed E-state index contributed by atoms with van der Waals surface area (Å²) in [5, 5.41) is 3.12. The molecule has 3 heterocycles. The molecule has 4 rings (SSSR count). The van der Waals surface area contributed by atoms with Gasteiger partial charge in [0.05, 0.1) is 27.7 Å².